The molecular weight excluding hydrogens is 286 g/mol. The van der Waals surface area contributed by atoms with Crippen molar-refractivity contribution < 1.29 is 24.9 Å². The molecule has 0 spiro atoms. The third-order valence-electron chi connectivity index (χ3n) is 2.64. The van der Waals surface area contributed by atoms with Crippen molar-refractivity contribution >= 4 is 11.8 Å². The first kappa shape index (κ1) is 16.8. The molecule has 1 aliphatic heterocycles. The van der Waals surface area contributed by atoms with E-state index in [1.165, 1.54) is 12.3 Å². The first-order valence-corrected chi connectivity index (χ1v) is 5.80. The van der Waals surface area contributed by atoms with Gasteiger partial charge < -0.3 is 37.3 Å². The van der Waals surface area contributed by atoms with Crippen molar-refractivity contribution in [2.75, 3.05) is 12.3 Å². The minimum Gasteiger partial charge on any atom is -0.394 e. The van der Waals surface area contributed by atoms with Crippen molar-refractivity contribution in [2.45, 2.75) is 24.5 Å². The molecule has 21 heavy (non-hydrogen) atoms. The number of primary amides is 2. The SMILES string of the molecule is NC(N)=O.Nc1ccn([C@@H]2O[C@H](CO)[C@@H](O)[C@@H]2O)c(=O)n1. The highest BCUT2D eigenvalue weighted by molar-refractivity contribution is 5.69. The van der Waals surface area contributed by atoms with Gasteiger partial charge in [-0.2, -0.15) is 4.98 Å². The smallest absolute Gasteiger partial charge is 0.351 e. The van der Waals surface area contributed by atoms with Crippen LogP contribution < -0.4 is 22.9 Å². The Morgan fingerprint density at radius 1 is 1.38 bits per heavy atom. The molecule has 2 rings (SSSR count). The number of aliphatic hydroxyl groups is 3. The lowest BCUT2D eigenvalue weighted by Gasteiger charge is -2.16. The number of anilines is 1. The van der Waals surface area contributed by atoms with Gasteiger partial charge in [-0.3, -0.25) is 4.57 Å². The summed E-state index contributed by atoms with van der Waals surface area (Å²) in [5.41, 5.74) is 13.1. The van der Waals surface area contributed by atoms with Crippen molar-refractivity contribution in [2.24, 2.45) is 11.5 Å². The summed E-state index contributed by atoms with van der Waals surface area (Å²) < 4.78 is 6.19. The number of hydrogen-bond donors (Lipinski definition) is 6. The van der Waals surface area contributed by atoms with Crippen LogP contribution in [0.1, 0.15) is 6.23 Å². The average molecular weight is 303 g/mol. The molecule has 11 nitrogen and oxygen atoms in total. The van der Waals surface area contributed by atoms with Crippen LogP contribution in [0.3, 0.4) is 0 Å². The van der Waals surface area contributed by atoms with Gasteiger partial charge in [0.05, 0.1) is 6.61 Å². The van der Waals surface area contributed by atoms with Crippen molar-refractivity contribution in [3.63, 3.8) is 0 Å². The summed E-state index contributed by atoms with van der Waals surface area (Å²) in [6.07, 6.45) is -3.27. The van der Waals surface area contributed by atoms with Crippen LogP contribution >= 0.6 is 0 Å². The van der Waals surface area contributed by atoms with Crippen LogP contribution in [0.4, 0.5) is 10.6 Å². The summed E-state index contributed by atoms with van der Waals surface area (Å²) in [6.45, 7) is -0.453. The molecule has 11 heteroatoms. The highest BCUT2D eigenvalue weighted by Crippen LogP contribution is 2.27. The number of amides is 2. The largest absolute Gasteiger partial charge is 0.394 e. The lowest BCUT2D eigenvalue weighted by Crippen LogP contribution is -2.36. The van der Waals surface area contributed by atoms with Crippen LogP contribution in [0, 0.1) is 0 Å². The fourth-order valence-electron chi connectivity index (χ4n) is 1.73. The normalized spacial score (nSPS) is 27.8. The number of hydrogen-bond acceptors (Lipinski definition) is 8. The highest BCUT2D eigenvalue weighted by Gasteiger charge is 2.43. The first-order valence-electron chi connectivity index (χ1n) is 5.80. The van der Waals surface area contributed by atoms with E-state index in [0.29, 0.717) is 0 Å². The summed E-state index contributed by atoms with van der Waals surface area (Å²) in [7, 11) is 0. The number of carbonyl (C=O) groups excluding carboxylic acids is 1. The second-order valence-electron chi connectivity index (χ2n) is 4.17. The topological polar surface area (TPSA) is 200 Å². The van der Waals surface area contributed by atoms with Gasteiger partial charge in [-0.25, -0.2) is 9.59 Å². The monoisotopic (exact) mass is 303 g/mol. The molecule has 1 aromatic rings. The van der Waals surface area contributed by atoms with Crippen molar-refractivity contribution in [1.82, 2.24) is 9.55 Å². The Morgan fingerprint density at radius 2 is 1.95 bits per heavy atom. The number of nitrogens with zero attached hydrogens (tertiary/aromatic N) is 2. The maximum Gasteiger partial charge on any atom is 0.351 e. The van der Waals surface area contributed by atoms with Crippen molar-refractivity contribution in [3.8, 4) is 0 Å². The summed E-state index contributed by atoms with van der Waals surface area (Å²) in [6, 6.07) is 0.538. The zero-order valence-electron chi connectivity index (χ0n) is 10.9. The van der Waals surface area contributed by atoms with Gasteiger partial charge in [0, 0.05) is 6.20 Å². The van der Waals surface area contributed by atoms with E-state index in [-0.39, 0.29) is 5.82 Å². The second kappa shape index (κ2) is 6.99. The number of aromatic nitrogens is 2. The number of rotatable bonds is 2. The molecule has 0 unspecified atom stereocenters. The van der Waals surface area contributed by atoms with E-state index in [9.17, 15) is 15.0 Å². The summed E-state index contributed by atoms with van der Waals surface area (Å²) in [4.78, 5) is 24.0. The molecule has 0 radical (unpaired) electrons. The van der Waals surface area contributed by atoms with Gasteiger partial charge in [-0.15, -0.1) is 0 Å². The number of urea groups is 1. The van der Waals surface area contributed by atoms with Crippen LogP contribution in [-0.2, 0) is 4.74 Å². The molecular formula is C10H17N5O6. The first-order chi connectivity index (χ1) is 9.77. The molecule has 0 aromatic carbocycles. The van der Waals surface area contributed by atoms with Gasteiger partial charge in [-0.05, 0) is 6.07 Å². The number of ether oxygens (including phenoxy) is 1. The Morgan fingerprint density at radius 3 is 2.38 bits per heavy atom. The summed E-state index contributed by atoms with van der Waals surface area (Å²) >= 11 is 0. The summed E-state index contributed by atoms with van der Waals surface area (Å²) in [5.74, 6) is 0.0537. The van der Waals surface area contributed by atoms with Crippen LogP contribution in [0.15, 0.2) is 17.1 Å². The lowest BCUT2D eigenvalue weighted by molar-refractivity contribution is -0.0549. The molecule has 4 atom stereocenters. The second-order valence-corrected chi connectivity index (χ2v) is 4.17. The van der Waals surface area contributed by atoms with Crippen LogP contribution in [-0.4, -0.2) is 55.8 Å². The number of nitrogen functional groups attached to an aromatic ring is 1. The predicted octanol–water partition coefficient (Wildman–Crippen LogP) is -3.54. The molecule has 0 bridgehead atoms. The molecule has 9 N–H and O–H groups in total. The summed E-state index contributed by atoms with van der Waals surface area (Å²) in [5, 5.41) is 28.2. The van der Waals surface area contributed by atoms with E-state index in [1.807, 2.05) is 0 Å². The van der Waals surface area contributed by atoms with E-state index in [0.717, 1.165) is 4.57 Å². The molecule has 118 valence electrons. The van der Waals surface area contributed by atoms with Gasteiger partial charge in [0.2, 0.25) is 0 Å². The Labute approximate surface area is 118 Å². The van der Waals surface area contributed by atoms with Gasteiger partial charge in [0.15, 0.2) is 6.23 Å². The fraction of sp³-hybridized carbons (Fsp3) is 0.500. The highest BCUT2D eigenvalue weighted by atomic mass is 16.6. The molecule has 1 aliphatic rings. The van der Waals surface area contributed by atoms with E-state index < -0.39 is 42.9 Å². The third kappa shape index (κ3) is 4.13. The van der Waals surface area contributed by atoms with Crippen molar-refractivity contribution in [1.29, 1.82) is 0 Å². The molecule has 1 aromatic heterocycles. The zero-order valence-corrected chi connectivity index (χ0v) is 10.9. The Balaban J connectivity index is 0.000000491. The van der Waals surface area contributed by atoms with Gasteiger partial charge in [0.1, 0.15) is 24.1 Å². The van der Waals surface area contributed by atoms with Crippen LogP contribution in [0.25, 0.3) is 0 Å². The standard InChI is InChI=1S/C9H13N3O5.CH4N2O/c10-5-1-2-12(9(16)11-5)8-7(15)6(14)4(3-13)17-8;2-1(3)4/h1-2,4,6-8,13-15H,3H2,(H2,10,11,16);(H4,2,3,4)/t4-,6-,7+,8-;/m1./s1. The van der Waals surface area contributed by atoms with E-state index in [2.05, 4.69) is 16.5 Å². The molecule has 1 saturated heterocycles. The maximum atomic E-state index is 11.5. The molecule has 1 fully saturated rings. The number of carbonyl (C=O) groups is 1. The quantitative estimate of drug-likeness (QED) is 0.322. The van der Waals surface area contributed by atoms with Crippen LogP contribution in [0.5, 0.6) is 0 Å². The number of aliphatic hydroxyl groups excluding tert-OH is 3. The average Bonchev–Trinajstić information content (AvgIpc) is 2.66. The van der Waals surface area contributed by atoms with E-state index >= 15 is 0 Å². The maximum absolute atomic E-state index is 11.5. The van der Waals surface area contributed by atoms with E-state index in [1.54, 1.807) is 0 Å². The zero-order chi connectivity index (χ0) is 16.2. The Bertz CT molecular complexity index is 545. The molecule has 0 saturated carbocycles. The molecule has 2 heterocycles. The predicted molar refractivity (Wildman–Crippen MR) is 69.7 cm³/mol. The van der Waals surface area contributed by atoms with Gasteiger partial charge >= 0.3 is 11.7 Å². The third-order valence-corrected chi connectivity index (χ3v) is 2.64. The molecule has 2 amide bonds. The van der Waals surface area contributed by atoms with Crippen molar-refractivity contribution in [3.05, 3.63) is 22.7 Å². The lowest BCUT2D eigenvalue weighted by atomic mass is 10.1. The van der Waals surface area contributed by atoms with Crippen LogP contribution in [0.2, 0.25) is 0 Å². The van der Waals surface area contributed by atoms with E-state index in [4.69, 9.17) is 20.4 Å². The fourth-order valence-corrected chi connectivity index (χ4v) is 1.73. The Kier molecular flexibility index (Phi) is 5.60. The number of nitrogens with two attached hydrogens (primary N) is 3. The Hall–Kier alpha value is -2.21. The van der Waals surface area contributed by atoms with Gasteiger partial charge in [-0.1, -0.05) is 0 Å². The molecule has 0 aliphatic carbocycles. The van der Waals surface area contributed by atoms with Gasteiger partial charge in [0.25, 0.3) is 0 Å². The minimum atomic E-state index is -1.31. The minimum absolute atomic E-state index is 0.0537.